The van der Waals surface area contributed by atoms with E-state index in [1.54, 1.807) is 32.9 Å². The molecule has 0 radical (unpaired) electrons. The number of hydrogen-bond acceptors (Lipinski definition) is 6. The first-order valence-electron chi connectivity index (χ1n) is 7.35. The lowest BCUT2D eigenvalue weighted by Crippen LogP contribution is -2.23. The van der Waals surface area contributed by atoms with E-state index in [0.29, 0.717) is 16.0 Å². The predicted molar refractivity (Wildman–Crippen MR) is 91.9 cm³/mol. The highest BCUT2D eigenvalue weighted by Crippen LogP contribution is 2.28. The molecule has 0 saturated carbocycles. The minimum Gasteiger partial charge on any atom is -0.508 e. The molecule has 0 saturated heterocycles. The summed E-state index contributed by atoms with van der Waals surface area (Å²) >= 11 is 0. The van der Waals surface area contributed by atoms with Crippen molar-refractivity contribution in [3.05, 3.63) is 39.9 Å². The predicted octanol–water partition coefficient (Wildman–Crippen LogP) is 1.24. The molecule has 0 unspecified atom stereocenters. The van der Waals surface area contributed by atoms with Crippen LogP contribution in [0.4, 0.5) is 5.69 Å². The average molecular weight is 349 g/mol. The summed E-state index contributed by atoms with van der Waals surface area (Å²) in [5, 5.41) is 22.6. The molecule has 0 aliphatic heterocycles. The number of carbonyl (C=O) groups excluding carboxylic acids is 1. The van der Waals surface area contributed by atoms with E-state index in [0.717, 1.165) is 0 Å². The van der Waals surface area contributed by atoms with Gasteiger partial charge in [-0.25, -0.2) is 0 Å². The van der Waals surface area contributed by atoms with Crippen LogP contribution < -0.4 is 5.19 Å². The monoisotopic (exact) mass is 349 g/mol. The summed E-state index contributed by atoms with van der Waals surface area (Å²) in [7, 11) is -1.71. The Hall–Kier alpha value is -2.45. The molecule has 2 N–H and O–H groups in total. The molecular formula is C16H19NO6Si. The van der Waals surface area contributed by atoms with Crippen LogP contribution in [0.1, 0.15) is 26.3 Å². The van der Waals surface area contributed by atoms with Crippen LogP contribution in [0.3, 0.4) is 0 Å². The van der Waals surface area contributed by atoms with Gasteiger partial charge in [-0.2, -0.15) is 0 Å². The maximum atomic E-state index is 11.9. The Morgan fingerprint density at radius 3 is 2.54 bits per heavy atom. The molecule has 0 atom stereocenters. The van der Waals surface area contributed by atoms with Gasteiger partial charge in [0.1, 0.15) is 12.4 Å². The van der Waals surface area contributed by atoms with Crippen molar-refractivity contribution in [1.82, 2.24) is 0 Å². The second kappa shape index (κ2) is 6.58. The van der Waals surface area contributed by atoms with Crippen LogP contribution in [0, 0.1) is 15.5 Å². The summed E-state index contributed by atoms with van der Waals surface area (Å²) in [5.41, 5.74) is -0.646. The first-order valence-corrected chi connectivity index (χ1v) is 8.69. The standard InChI is InChI=1S/C16H19NO6Si/c1-16(2,3)15(19)23-8-10-6-9-4-5-13(18)14(24-22)11(9)7-12(10)17(20)21/h4-7,18,22H,8,24H2,1-3H3. The van der Waals surface area contributed by atoms with E-state index in [-0.39, 0.29) is 23.6 Å². The molecule has 0 aliphatic rings. The molecule has 7 nitrogen and oxygen atoms in total. The summed E-state index contributed by atoms with van der Waals surface area (Å²) in [6, 6.07) is 5.92. The molecule has 0 fully saturated rings. The number of fused-ring (bicyclic) bond motifs is 1. The zero-order valence-corrected chi connectivity index (χ0v) is 15.1. The third-order valence-corrected chi connectivity index (χ3v) is 4.69. The molecule has 0 spiro atoms. The quantitative estimate of drug-likeness (QED) is 0.372. The number of nitro groups is 1. The van der Waals surface area contributed by atoms with Crippen LogP contribution in [-0.4, -0.2) is 30.6 Å². The van der Waals surface area contributed by atoms with Crippen LogP contribution in [0.15, 0.2) is 24.3 Å². The number of nitrogens with zero attached hydrogens (tertiary/aromatic N) is 1. The van der Waals surface area contributed by atoms with Crippen molar-refractivity contribution in [2.45, 2.75) is 27.4 Å². The molecule has 0 aliphatic carbocycles. The van der Waals surface area contributed by atoms with Crippen molar-refractivity contribution < 1.29 is 24.4 Å². The number of carbonyl (C=O) groups is 1. The van der Waals surface area contributed by atoms with E-state index in [2.05, 4.69) is 0 Å². The molecule has 2 rings (SSSR count). The normalized spacial score (nSPS) is 12.0. The Morgan fingerprint density at radius 2 is 2.00 bits per heavy atom. The van der Waals surface area contributed by atoms with Crippen LogP contribution in [0.25, 0.3) is 10.8 Å². The largest absolute Gasteiger partial charge is 0.508 e. The number of rotatable bonds is 4. The number of esters is 1. The number of nitro benzene ring substituents is 1. The summed E-state index contributed by atoms with van der Waals surface area (Å²) in [4.78, 5) is 32.2. The van der Waals surface area contributed by atoms with E-state index in [9.17, 15) is 24.8 Å². The highest BCUT2D eigenvalue weighted by atomic mass is 28.2. The molecular weight excluding hydrogens is 330 g/mol. The van der Waals surface area contributed by atoms with E-state index in [4.69, 9.17) is 4.74 Å². The summed E-state index contributed by atoms with van der Waals surface area (Å²) in [5.74, 6) is -0.524. The van der Waals surface area contributed by atoms with E-state index in [1.165, 1.54) is 12.1 Å². The van der Waals surface area contributed by atoms with Crippen molar-refractivity contribution in [3.8, 4) is 5.75 Å². The second-order valence-corrected chi connectivity index (χ2v) is 7.53. The van der Waals surface area contributed by atoms with Gasteiger partial charge in [0, 0.05) is 11.3 Å². The third kappa shape index (κ3) is 3.55. The van der Waals surface area contributed by atoms with Crippen molar-refractivity contribution in [1.29, 1.82) is 0 Å². The summed E-state index contributed by atoms with van der Waals surface area (Å²) < 4.78 is 5.18. The average Bonchev–Trinajstić information content (AvgIpc) is 2.50. The Morgan fingerprint density at radius 1 is 1.33 bits per heavy atom. The van der Waals surface area contributed by atoms with Gasteiger partial charge in [0.25, 0.3) is 5.69 Å². The summed E-state index contributed by atoms with van der Waals surface area (Å²) in [6.07, 6.45) is 0. The van der Waals surface area contributed by atoms with Gasteiger partial charge < -0.3 is 14.6 Å². The Labute approximate surface area is 141 Å². The Bertz CT molecular complexity index is 812. The molecule has 2 aromatic rings. The van der Waals surface area contributed by atoms with Crippen LogP contribution in [0.2, 0.25) is 0 Å². The lowest BCUT2D eigenvalue weighted by atomic mass is 9.97. The maximum absolute atomic E-state index is 11.9. The van der Waals surface area contributed by atoms with Crippen molar-refractivity contribution in [2.24, 2.45) is 5.41 Å². The molecule has 0 bridgehead atoms. The third-order valence-electron chi connectivity index (χ3n) is 3.63. The number of ether oxygens (including phenoxy) is 1. The lowest BCUT2D eigenvalue weighted by Gasteiger charge is -2.17. The van der Waals surface area contributed by atoms with Crippen molar-refractivity contribution >= 4 is 37.4 Å². The highest BCUT2D eigenvalue weighted by Gasteiger charge is 2.25. The first-order chi connectivity index (χ1) is 11.1. The number of aromatic hydroxyl groups is 1. The Kier molecular flexibility index (Phi) is 4.90. The Balaban J connectivity index is 2.50. The van der Waals surface area contributed by atoms with Gasteiger partial charge in [0.2, 0.25) is 0 Å². The fourth-order valence-electron chi connectivity index (χ4n) is 2.27. The van der Waals surface area contributed by atoms with Crippen LogP contribution >= 0.6 is 0 Å². The van der Waals surface area contributed by atoms with Gasteiger partial charge in [-0.15, -0.1) is 0 Å². The molecule has 0 aromatic heterocycles. The van der Waals surface area contributed by atoms with Gasteiger partial charge in [0.05, 0.1) is 15.9 Å². The second-order valence-electron chi connectivity index (χ2n) is 6.51. The first kappa shape index (κ1) is 17.9. The molecule has 24 heavy (non-hydrogen) atoms. The van der Waals surface area contributed by atoms with Crippen LogP contribution in [-0.2, 0) is 16.1 Å². The number of benzene rings is 2. The smallest absolute Gasteiger partial charge is 0.311 e. The van der Waals surface area contributed by atoms with Crippen molar-refractivity contribution in [3.63, 3.8) is 0 Å². The lowest BCUT2D eigenvalue weighted by molar-refractivity contribution is -0.385. The maximum Gasteiger partial charge on any atom is 0.311 e. The van der Waals surface area contributed by atoms with Gasteiger partial charge in [0.15, 0.2) is 9.76 Å². The molecule has 0 heterocycles. The number of hydrogen-bond donors (Lipinski definition) is 2. The topological polar surface area (TPSA) is 110 Å². The molecule has 0 amide bonds. The van der Waals surface area contributed by atoms with Gasteiger partial charge in [-0.1, -0.05) is 6.07 Å². The zero-order chi connectivity index (χ0) is 18.1. The minimum absolute atomic E-state index is 0.0714. The number of phenolic OH excluding ortho intramolecular Hbond substituents is 1. The van der Waals surface area contributed by atoms with Gasteiger partial charge in [-0.05, 0) is 43.7 Å². The zero-order valence-electron chi connectivity index (χ0n) is 13.7. The number of phenols is 1. The van der Waals surface area contributed by atoms with E-state index >= 15 is 0 Å². The van der Waals surface area contributed by atoms with Crippen LogP contribution in [0.5, 0.6) is 5.75 Å². The minimum atomic E-state index is -1.71. The van der Waals surface area contributed by atoms with Gasteiger partial charge >= 0.3 is 5.97 Å². The summed E-state index contributed by atoms with van der Waals surface area (Å²) in [6.45, 7) is 4.89. The molecule has 128 valence electrons. The fourth-order valence-corrected chi connectivity index (χ4v) is 3.03. The van der Waals surface area contributed by atoms with Gasteiger partial charge in [-0.3, -0.25) is 14.9 Å². The highest BCUT2D eigenvalue weighted by molar-refractivity contribution is 6.51. The van der Waals surface area contributed by atoms with E-state index in [1.807, 2.05) is 0 Å². The van der Waals surface area contributed by atoms with Crippen molar-refractivity contribution in [2.75, 3.05) is 0 Å². The molecule has 2 aromatic carbocycles. The SMILES string of the molecule is CC(C)(C)C(=O)OCc1cc2ccc(O)c([SiH2]O)c2cc1[N+](=O)[O-]. The van der Waals surface area contributed by atoms with E-state index < -0.39 is 26.1 Å². The molecule has 8 heteroatoms. The fraction of sp³-hybridized carbons (Fsp3) is 0.312.